The van der Waals surface area contributed by atoms with Gasteiger partial charge in [-0.15, -0.1) is 0 Å². The van der Waals surface area contributed by atoms with E-state index in [1.54, 1.807) is 0 Å². The van der Waals surface area contributed by atoms with Gasteiger partial charge in [-0.1, -0.05) is 116 Å². The molecule has 1 saturated carbocycles. The zero-order chi connectivity index (χ0) is 42.6. The van der Waals surface area contributed by atoms with E-state index in [1.807, 2.05) is 72.8 Å². The standard InChI is InChI=1S/C57H48N2O4/c1-36-30-46(56(60)52(32-36)58-48-24-9-3-18-40(48)41-19-4-10-25-49(41)58)44-22-7-13-28-54(44)62-34-38-16-15-17-39(38)35-63-55-29-14-8-23-45(55)47-31-37(2)33-53(57(47)61)59-50-26-11-5-20-42(50)43-21-6-12-27-51(43)59/h3-14,18-33,38-39,60-61H,15-17,34-35H2,1-2H3. The number of fused-ring (bicyclic) bond motifs is 6. The zero-order valence-corrected chi connectivity index (χ0v) is 35.5. The topological polar surface area (TPSA) is 68.8 Å². The molecule has 1 aliphatic rings. The molecule has 2 unspecified atom stereocenters. The SMILES string of the molecule is Cc1cc(-c2ccccc2OCC2CCCC2COc2ccccc2-c2cc(C)cc(-n3c4ccccc4c4ccccc43)c2O)c(O)c(-n2c3ccccc3c3ccccc32)c1. The Morgan fingerprint density at radius 3 is 1.14 bits per heavy atom. The Bertz CT molecular complexity index is 3030. The third-order valence-corrected chi connectivity index (χ3v) is 13.2. The van der Waals surface area contributed by atoms with Gasteiger partial charge in [0.25, 0.3) is 0 Å². The first-order valence-electron chi connectivity index (χ1n) is 22.0. The summed E-state index contributed by atoms with van der Waals surface area (Å²) < 4.78 is 17.8. The predicted molar refractivity (Wildman–Crippen MR) is 257 cm³/mol. The lowest BCUT2D eigenvalue weighted by molar-refractivity contribution is 0.164. The van der Waals surface area contributed by atoms with E-state index in [4.69, 9.17) is 9.47 Å². The molecule has 2 aromatic heterocycles. The molecule has 0 saturated heterocycles. The lowest BCUT2D eigenvalue weighted by atomic mass is 9.97. The van der Waals surface area contributed by atoms with Gasteiger partial charge < -0.3 is 28.8 Å². The molecule has 10 aromatic rings. The molecule has 2 N–H and O–H groups in total. The maximum atomic E-state index is 12.2. The average molecular weight is 825 g/mol. The Balaban J connectivity index is 0.859. The van der Waals surface area contributed by atoms with Crippen molar-refractivity contribution in [2.75, 3.05) is 13.2 Å². The monoisotopic (exact) mass is 824 g/mol. The second-order valence-electron chi connectivity index (χ2n) is 17.2. The van der Waals surface area contributed by atoms with Crippen molar-refractivity contribution in [1.29, 1.82) is 0 Å². The summed E-state index contributed by atoms with van der Waals surface area (Å²) in [5.74, 6) is 2.51. The summed E-state index contributed by atoms with van der Waals surface area (Å²) in [7, 11) is 0. The van der Waals surface area contributed by atoms with E-state index in [9.17, 15) is 10.2 Å². The fraction of sp³-hybridized carbons (Fsp3) is 0.158. The van der Waals surface area contributed by atoms with Crippen LogP contribution < -0.4 is 9.47 Å². The van der Waals surface area contributed by atoms with E-state index >= 15 is 0 Å². The molecule has 6 nitrogen and oxygen atoms in total. The van der Waals surface area contributed by atoms with Crippen LogP contribution in [0.2, 0.25) is 0 Å². The second-order valence-corrected chi connectivity index (χ2v) is 17.2. The van der Waals surface area contributed by atoms with Gasteiger partial charge in [-0.3, -0.25) is 0 Å². The Hall–Kier alpha value is -7.44. The van der Waals surface area contributed by atoms with E-state index in [0.29, 0.717) is 25.0 Å². The molecule has 0 amide bonds. The van der Waals surface area contributed by atoms with Crippen molar-refractivity contribution in [2.45, 2.75) is 33.1 Å². The predicted octanol–water partition coefficient (Wildman–Crippen LogP) is 14.1. The minimum atomic E-state index is 0.218. The number of nitrogens with zero attached hydrogens (tertiary/aromatic N) is 2. The number of benzene rings is 8. The second kappa shape index (κ2) is 15.8. The lowest BCUT2D eigenvalue weighted by Gasteiger charge is -2.23. The summed E-state index contributed by atoms with van der Waals surface area (Å²) in [6, 6.07) is 57.8. The van der Waals surface area contributed by atoms with Gasteiger partial charge in [0, 0.05) is 43.8 Å². The van der Waals surface area contributed by atoms with Gasteiger partial charge in [0.1, 0.15) is 23.0 Å². The highest BCUT2D eigenvalue weighted by Gasteiger charge is 2.30. The van der Waals surface area contributed by atoms with Gasteiger partial charge in [-0.05, 0) is 110 Å². The first kappa shape index (κ1) is 38.5. The van der Waals surface area contributed by atoms with Gasteiger partial charge >= 0.3 is 0 Å². The third-order valence-electron chi connectivity index (χ3n) is 13.2. The third kappa shape index (κ3) is 6.65. The smallest absolute Gasteiger partial charge is 0.147 e. The molecular weight excluding hydrogens is 777 g/mol. The molecule has 8 aromatic carbocycles. The summed E-state index contributed by atoms with van der Waals surface area (Å²) in [6.45, 7) is 5.24. The molecule has 2 heterocycles. The maximum Gasteiger partial charge on any atom is 0.147 e. The Morgan fingerprint density at radius 2 is 0.762 bits per heavy atom. The van der Waals surface area contributed by atoms with Crippen molar-refractivity contribution in [3.63, 3.8) is 0 Å². The van der Waals surface area contributed by atoms with E-state index < -0.39 is 0 Å². The summed E-state index contributed by atoms with van der Waals surface area (Å²) in [4.78, 5) is 0. The van der Waals surface area contributed by atoms with Crippen LogP contribution in [0.15, 0.2) is 170 Å². The van der Waals surface area contributed by atoms with E-state index in [1.165, 1.54) is 0 Å². The number of para-hydroxylation sites is 6. The van der Waals surface area contributed by atoms with Crippen LogP contribution in [-0.2, 0) is 0 Å². The van der Waals surface area contributed by atoms with Crippen LogP contribution in [0.4, 0.5) is 0 Å². The summed E-state index contributed by atoms with van der Waals surface area (Å²) in [5, 5.41) is 28.9. The van der Waals surface area contributed by atoms with Crippen LogP contribution in [0.1, 0.15) is 30.4 Å². The van der Waals surface area contributed by atoms with Crippen molar-refractivity contribution >= 4 is 43.6 Å². The van der Waals surface area contributed by atoms with Crippen LogP contribution >= 0.6 is 0 Å². The first-order valence-corrected chi connectivity index (χ1v) is 22.0. The number of hydrogen-bond acceptors (Lipinski definition) is 4. The Kier molecular flexibility index (Phi) is 9.64. The number of rotatable bonds is 10. The molecule has 0 spiro atoms. The number of hydrogen-bond donors (Lipinski definition) is 2. The number of ether oxygens (including phenoxy) is 2. The minimum Gasteiger partial charge on any atom is -0.505 e. The molecule has 11 rings (SSSR count). The number of aromatic nitrogens is 2. The van der Waals surface area contributed by atoms with Crippen molar-refractivity contribution in [1.82, 2.24) is 9.13 Å². The van der Waals surface area contributed by atoms with Crippen molar-refractivity contribution in [3.05, 3.63) is 181 Å². The normalized spacial score (nSPS) is 15.2. The molecule has 1 fully saturated rings. The van der Waals surface area contributed by atoms with Crippen LogP contribution in [-0.4, -0.2) is 32.6 Å². The van der Waals surface area contributed by atoms with Crippen LogP contribution in [0.3, 0.4) is 0 Å². The Labute approximate surface area is 366 Å². The molecule has 63 heavy (non-hydrogen) atoms. The molecular formula is C57H48N2O4. The van der Waals surface area contributed by atoms with Crippen LogP contribution in [0.5, 0.6) is 23.0 Å². The minimum absolute atomic E-state index is 0.218. The van der Waals surface area contributed by atoms with Gasteiger partial charge in [0.15, 0.2) is 0 Å². The molecule has 2 atom stereocenters. The van der Waals surface area contributed by atoms with Crippen molar-refractivity contribution in [3.8, 4) is 56.6 Å². The highest BCUT2D eigenvalue weighted by molar-refractivity contribution is 6.10. The van der Waals surface area contributed by atoms with Crippen molar-refractivity contribution in [2.24, 2.45) is 11.8 Å². The number of phenols is 2. The van der Waals surface area contributed by atoms with Gasteiger partial charge in [-0.25, -0.2) is 0 Å². The fourth-order valence-corrected chi connectivity index (χ4v) is 10.2. The largest absolute Gasteiger partial charge is 0.505 e. The number of aromatic hydroxyl groups is 2. The Morgan fingerprint density at radius 1 is 0.429 bits per heavy atom. The fourth-order valence-electron chi connectivity index (χ4n) is 10.2. The first-order chi connectivity index (χ1) is 30.9. The van der Waals surface area contributed by atoms with E-state index in [-0.39, 0.29) is 11.5 Å². The number of phenolic OH excluding ortho intramolecular Hbond substituents is 2. The lowest BCUT2D eigenvalue weighted by Crippen LogP contribution is -2.22. The van der Waals surface area contributed by atoms with Crippen molar-refractivity contribution < 1.29 is 19.7 Å². The molecule has 0 bridgehead atoms. The highest BCUT2D eigenvalue weighted by Crippen LogP contribution is 2.46. The quantitative estimate of drug-likeness (QED) is 0.144. The zero-order valence-electron chi connectivity index (χ0n) is 35.5. The molecule has 6 heteroatoms. The summed E-state index contributed by atoms with van der Waals surface area (Å²) in [5.41, 5.74) is 11.0. The van der Waals surface area contributed by atoms with E-state index in [2.05, 4.69) is 120 Å². The van der Waals surface area contributed by atoms with Gasteiger partial charge in [0.2, 0.25) is 0 Å². The molecule has 0 aliphatic heterocycles. The van der Waals surface area contributed by atoms with Crippen LogP contribution in [0, 0.1) is 25.7 Å². The molecule has 0 radical (unpaired) electrons. The van der Waals surface area contributed by atoms with Gasteiger partial charge in [0.05, 0.1) is 46.7 Å². The van der Waals surface area contributed by atoms with Crippen LogP contribution in [0.25, 0.3) is 77.2 Å². The highest BCUT2D eigenvalue weighted by atomic mass is 16.5. The average Bonchev–Trinajstić information content (AvgIpc) is 4.01. The molecule has 310 valence electrons. The van der Waals surface area contributed by atoms with E-state index in [0.717, 1.165) is 119 Å². The summed E-state index contributed by atoms with van der Waals surface area (Å²) in [6.07, 6.45) is 3.20. The van der Waals surface area contributed by atoms with Gasteiger partial charge in [-0.2, -0.15) is 0 Å². The molecule has 1 aliphatic carbocycles. The maximum absolute atomic E-state index is 12.2. The summed E-state index contributed by atoms with van der Waals surface area (Å²) >= 11 is 0. The number of aryl methyl sites for hydroxylation is 2.